The van der Waals surface area contributed by atoms with Gasteiger partial charge in [-0.3, -0.25) is 9.67 Å². The van der Waals surface area contributed by atoms with E-state index in [2.05, 4.69) is 36.4 Å². The Labute approximate surface area is 183 Å². The molecule has 4 aromatic rings. The fraction of sp³-hybridized carbons (Fsp3) is 0.238. The molecule has 0 radical (unpaired) electrons. The number of aromatic nitrogens is 5. The average molecular weight is 441 g/mol. The maximum Gasteiger partial charge on any atom is 0.259 e. The molecule has 7 nitrogen and oxygen atoms in total. The standard InChI is InChI=1S/C21H18Cl2N6O/c22-16-1-2-19(23)18(8-16)21-27-20(28-30-21)14-7-13(9-25-10-14)15-11-26-29(12-15)17-3-5-24-6-4-17/h1-2,7-12,17,24H,3-6H2. The molecule has 9 heteroatoms. The fourth-order valence-electron chi connectivity index (χ4n) is 3.59. The molecule has 1 saturated heterocycles. The van der Waals surface area contributed by atoms with E-state index in [0.717, 1.165) is 42.6 Å². The number of hydrogen-bond donors (Lipinski definition) is 1. The molecule has 1 aliphatic rings. The Bertz CT molecular complexity index is 1180. The van der Waals surface area contributed by atoms with Crippen molar-refractivity contribution in [1.29, 1.82) is 0 Å². The monoisotopic (exact) mass is 440 g/mol. The van der Waals surface area contributed by atoms with Crippen LogP contribution in [0.4, 0.5) is 0 Å². The van der Waals surface area contributed by atoms with Gasteiger partial charge in [0.15, 0.2) is 0 Å². The lowest BCUT2D eigenvalue weighted by Crippen LogP contribution is -2.29. The molecule has 0 unspecified atom stereocenters. The molecule has 0 saturated carbocycles. The van der Waals surface area contributed by atoms with Crippen LogP contribution in [0.3, 0.4) is 0 Å². The largest absolute Gasteiger partial charge is 0.334 e. The quantitative estimate of drug-likeness (QED) is 0.486. The summed E-state index contributed by atoms with van der Waals surface area (Å²) in [5, 5.41) is 13.1. The summed E-state index contributed by atoms with van der Waals surface area (Å²) in [5.74, 6) is 0.739. The van der Waals surface area contributed by atoms with Crippen molar-refractivity contribution in [3.63, 3.8) is 0 Å². The predicted molar refractivity (Wildman–Crippen MR) is 115 cm³/mol. The second-order valence-electron chi connectivity index (χ2n) is 7.20. The summed E-state index contributed by atoms with van der Waals surface area (Å²) in [4.78, 5) is 8.83. The van der Waals surface area contributed by atoms with E-state index >= 15 is 0 Å². The van der Waals surface area contributed by atoms with Crippen molar-refractivity contribution in [2.24, 2.45) is 0 Å². The van der Waals surface area contributed by atoms with Crippen molar-refractivity contribution in [2.75, 3.05) is 13.1 Å². The molecule has 0 spiro atoms. The average Bonchev–Trinajstić information content (AvgIpc) is 3.47. The summed E-state index contributed by atoms with van der Waals surface area (Å²) in [6.45, 7) is 2.04. The molecule has 1 N–H and O–H groups in total. The SMILES string of the molecule is Clc1ccc(Cl)c(-c2nc(-c3cncc(-c4cnn(C5CCNCC5)c4)c3)no2)c1. The van der Waals surface area contributed by atoms with Crippen molar-refractivity contribution in [1.82, 2.24) is 30.2 Å². The zero-order chi connectivity index (χ0) is 20.5. The van der Waals surface area contributed by atoms with Crippen LogP contribution >= 0.6 is 23.2 Å². The van der Waals surface area contributed by atoms with Crippen molar-refractivity contribution >= 4 is 23.2 Å². The van der Waals surface area contributed by atoms with Gasteiger partial charge in [0.05, 0.1) is 22.8 Å². The van der Waals surface area contributed by atoms with Crippen LogP contribution in [0.25, 0.3) is 34.0 Å². The number of hydrogen-bond acceptors (Lipinski definition) is 6. The molecule has 1 fully saturated rings. The third-order valence-electron chi connectivity index (χ3n) is 5.20. The Hall–Kier alpha value is -2.74. The number of pyridine rings is 1. The van der Waals surface area contributed by atoms with Crippen LogP contribution in [-0.2, 0) is 0 Å². The topological polar surface area (TPSA) is 81.7 Å². The summed E-state index contributed by atoms with van der Waals surface area (Å²) in [5.41, 5.74) is 3.29. The van der Waals surface area contributed by atoms with Crippen LogP contribution < -0.4 is 5.32 Å². The molecule has 1 aromatic carbocycles. The third-order valence-corrected chi connectivity index (χ3v) is 5.76. The van der Waals surface area contributed by atoms with Crippen molar-refractivity contribution in [3.05, 3.63) is 59.1 Å². The van der Waals surface area contributed by atoms with Gasteiger partial charge in [-0.2, -0.15) is 10.1 Å². The van der Waals surface area contributed by atoms with Gasteiger partial charge in [0.1, 0.15) is 0 Å². The molecule has 152 valence electrons. The highest BCUT2D eigenvalue weighted by atomic mass is 35.5. The van der Waals surface area contributed by atoms with Gasteiger partial charge in [-0.15, -0.1) is 0 Å². The Morgan fingerprint density at radius 3 is 2.70 bits per heavy atom. The summed E-state index contributed by atoms with van der Waals surface area (Å²) in [6, 6.07) is 7.52. The first-order valence-electron chi connectivity index (χ1n) is 9.67. The van der Waals surface area contributed by atoms with E-state index in [1.54, 1.807) is 24.4 Å². The first-order valence-corrected chi connectivity index (χ1v) is 10.4. The second-order valence-corrected chi connectivity index (χ2v) is 8.04. The number of benzene rings is 1. The third kappa shape index (κ3) is 3.84. The van der Waals surface area contributed by atoms with Gasteiger partial charge >= 0.3 is 0 Å². The lowest BCUT2D eigenvalue weighted by Gasteiger charge is -2.22. The Balaban J connectivity index is 1.43. The molecular weight excluding hydrogens is 423 g/mol. The van der Waals surface area contributed by atoms with Gasteiger partial charge in [-0.1, -0.05) is 28.4 Å². The molecule has 0 aliphatic carbocycles. The highest BCUT2D eigenvalue weighted by Gasteiger charge is 2.17. The summed E-state index contributed by atoms with van der Waals surface area (Å²) in [6.07, 6.45) is 9.62. The van der Waals surface area contributed by atoms with Gasteiger partial charge in [0.25, 0.3) is 5.89 Å². The first kappa shape index (κ1) is 19.2. The molecule has 3 aromatic heterocycles. The molecule has 5 rings (SSSR count). The van der Waals surface area contributed by atoms with Crippen molar-refractivity contribution in [2.45, 2.75) is 18.9 Å². The molecule has 4 heterocycles. The van der Waals surface area contributed by atoms with Gasteiger partial charge in [0, 0.05) is 40.3 Å². The molecule has 0 bridgehead atoms. The summed E-state index contributed by atoms with van der Waals surface area (Å²) < 4.78 is 7.47. The van der Waals surface area contributed by atoms with Crippen LogP contribution in [0.15, 0.2) is 53.6 Å². The smallest absolute Gasteiger partial charge is 0.259 e. The molecular formula is C21H18Cl2N6O. The van der Waals surface area contributed by atoms with Gasteiger partial charge in [0.2, 0.25) is 5.82 Å². The van der Waals surface area contributed by atoms with Gasteiger partial charge in [-0.25, -0.2) is 0 Å². The normalized spacial score (nSPS) is 14.9. The van der Waals surface area contributed by atoms with Gasteiger partial charge in [-0.05, 0) is 50.2 Å². The zero-order valence-electron chi connectivity index (χ0n) is 15.9. The number of piperidine rings is 1. The van der Waals surface area contributed by atoms with E-state index in [4.69, 9.17) is 27.7 Å². The summed E-state index contributed by atoms with van der Waals surface area (Å²) >= 11 is 12.3. The molecule has 0 amide bonds. The van der Waals surface area contributed by atoms with E-state index < -0.39 is 0 Å². The number of halogens is 2. The van der Waals surface area contributed by atoms with Gasteiger partial charge < -0.3 is 9.84 Å². The molecule has 0 atom stereocenters. The van der Waals surface area contributed by atoms with Crippen molar-refractivity contribution in [3.8, 4) is 34.0 Å². The zero-order valence-corrected chi connectivity index (χ0v) is 17.4. The maximum absolute atomic E-state index is 6.25. The van der Waals surface area contributed by atoms with E-state index in [1.807, 2.05) is 18.5 Å². The predicted octanol–water partition coefficient (Wildman–Crippen LogP) is 4.89. The highest BCUT2D eigenvalue weighted by molar-refractivity contribution is 6.35. The van der Waals surface area contributed by atoms with Crippen LogP contribution in [0, 0.1) is 0 Å². The highest BCUT2D eigenvalue weighted by Crippen LogP contribution is 2.31. The number of nitrogens with one attached hydrogen (secondary N) is 1. The number of rotatable bonds is 4. The lowest BCUT2D eigenvalue weighted by atomic mass is 10.1. The van der Waals surface area contributed by atoms with E-state index in [-0.39, 0.29) is 0 Å². The van der Waals surface area contributed by atoms with Crippen LogP contribution in [0.1, 0.15) is 18.9 Å². The van der Waals surface area contributed by atoms with Crippen LogP contribution in [-0.4, -0.2) is 38.0 Å². The van der Waals surface area contributed by atoms with E-state index in [9.17, 15) is 0 Å². The number of nitrogens with zero attached hydrogens (tertiary/aromatic N) is 5. The lowest BCUT2D eigenvalue weighted by molar-refractivity contribution is 0.343. The molecule has 1 aliphatic heterocycles. The van der Waals surface area contributed by atoms with E-state index in [1.165, 1.54) is 0 Å². The first-order chi connectivity index (χ1) is 14.7. The Morgan fingerprint density at radius 2 is 1.83 bits per heavy atom. The van der Waals surface area contributed by atoms with E-state index in [0.29, 0.717) is 33.4 Å². The van der Waals surface area contributed by atoms with Crippen molar-refractivity contribution < 1.29 is 4.52 Å². The minimum absolute atomic E-state index is 0.307. The maximum atomic E-state index is 6.25. The van der Waals surface area contributed by atoms with Crippen LogP contribution in [0.2, 0.25) is 10.0 Å². The molecule has 30 heavy (non-hydrogen) atoms. The fourth-order valence-corrected chi connectivity index (χ4v) is 3.96. The summed E-state index contributed by atoms with van der Waals surface area (Å²) in [7, 11) is 0. The van der Waals surface area contributed by atoms with Crippen LogP contribution in [0.5, 0.6) is 0 Å². The minimum atomic E-state index is 0.307. The Morgan fingerprint density at radius 1 is 1.00 bits per heavy atom. The minimum Gasteiger partial charge on any atom is -0.334 e. The Kier molecular flexibility index (Phi) is 5.25. The second kappa shape index (κ2) is 8.18.